The normalized spacial score (nSPS) is 10.4. The van der Waals surface area contributed by atoms with Gasteiger partial charge in [0, 0.05) is 17.8 Å². The quantitative estimate of drug-likeness (QED) is 0.715. The highest BCUT2D eigenvalue weighted by molar-refractivity contribution is 5.94. The van der Waals surface area contributed by atoms with Crippen LogP contribution in [0.5, 0.6) is 0 Å². The number of rotatable bonds is 4. The van der Waals surface area contributed by atoms with Crippen molar-refractivity contribution in [3.8, 4) is 0 Å². The number of carbonyl (C=O) groups is 2. The number of benzene rings is 1. The van der Waals surface area contributed by atoms with Crippen molar-refractivity contribution in [2.24, 2.45) is 0 Å². The molecule has 0 aliphatic rings. The molecule has 0 amide bonds. The van der Waals surface area contributed by atoms with Crippen molar-refractivity contribution in [1.29, 1.82) is 0 Å². The summed E-state index contributed by atoms with van der Waals surface area (Å²) in [7, 11) is 1.24. The van der Waals surface area contributed by atoms with E-state index >= 15 is 0 Å². The first kappa shape index (κ1) is 16.3. The molecule has 0 aliphatic carbocycles. The number of anilines is 1. The van der Waals surface area contributed by atoms with Crippen molar-refractivity contribution in [2.45, 2.75) is 6.61 Å². The Bertz CT molecular complexity index is 958. The summed E-state index contributed by atoms with van der Waals surface area (Å²) in [4.78, 5) is 35.9. The number of esters is 2. The molecule has 126 valence electrons. The van der Waals surface area contributed by atoms with Crippen LogP contribution in [0.4, 0.5) is 5.82 Å². The number of nitrogens with zero attached hydrogens (tertiary/aromatic N) is 3. The van der Waals surface area contributed by atoms with Gasteiger partial charge < -0.3 is 15.2 Å². The zero-order valence-corrected chi connectivity index (χ0v) is 13.3. The van der Waals surface area contributed by atoms with Crippen LogP contribution in [-0.2, 0) is 16.1 Å². The van der Waals surface area contributed by atoms with Gasteiger partial charge in [0.05, 0.1) is 23.8 Å². The van der Waals surface area contributed by atoms with Gasteiger partial charge in [0.25, 0.3) is 0 Å². The molecule has 0 bridgehead atoms. The van der Waals surface area contributed by atoms with Gasteiger partial charge in [-0.05, 0) is 18.2 Å². The fourth-order valence-corrected chi connectivity index (χ4v) is 2.21. The predicted molar refractivity (Wildman–Crippen MR) is 88.6 cm³/mol. The van der Waals surface area contributed by atoms with E-state index in [1.54, 1.807) is 6.07 Å². The van der Waals surface area contributed by atoms with Crippen LogP contribution in [0.2, 0.25) is 0 Å². The SMILES string of the molecule is COC(=O)c1cncc(C(=O)OCc2nc(N)c3ccccc3n2)c1. The lowest BCUT2D eigenvalue weighted by Crippen LogP contribution is -2.10. The number of nitrogen functional groups attached to an aromatic ring is 1. The minimum Gasteiger partial charge on any atom is -0.465 e. The number of methoxy groups -OCH3 is 1. The molecule has 25 heavy (non-hydrogen) atoms. The number of aromatic nitrogens is 3. The molecule has 1 aromatic carbocycles. The smallest absolute Gasteiger partial charge is 0.340 e. The van der Waals surface area contributed by atoms with E-state index in [1.807, 2.05) is 18.2 Å². The summed E-state index contributed by atoms with van der Waals surface area (Å²) < 4.78 is 9.76. The molecule has 0 saturated heterocycles. The maximum absolute atomic E-state index is 12.1. The Kier molecular flexibility index (Phi) is 4.51. The second-order valence-corrected chi connectivity index (χ2v) is 5.07. The van der Waals surface area contributed by atoms with E-state index in [9.17, 15) is 9.59 Å². The monoisotopic (exact) mass is 338 g/mol. The number of nitrogens with two attached hydrogens (primary N) is 1. The number of hydrogen-bond acceptors (Lipinski definition) is 8. The van der Waals surface area contributed by atoms with Gasteiger partial charge >= 0.3 is 11.9 Å². The van der Waals surface area contributed by atoms with Crippen LogP contribution >= 0.6 is 0 Å². The first-order valence-electron chi connectivity index (χ1n) is 7.30. The molecule has 0 radical (unpaired) electrons. The largest absolute Gasteiger partial charge is 0.465 e. The second kappa shape index (κ2) is 6.91. The van der Waals surface area contributed by atoms with Gasteiger partial charge in [-0.15, -0.1) is 0 Å². The first-order valence-corrected chi connectivity index (χ1v) is 7.30. The predicted octanol–water partition coefficient (Wildman–Crippen LogP) is 1.75. The third-order valence-electron chi connectivity index (χ3n) is 3.41. The van der Waals surface area contributed by atoms with E-state index in [2.05, 4.69) is 19.7 Å². The summed E-state index contributed by atoms with van der Waals surface area (Å²) in [5.41, 5.74) is 6.83. The number of fused-ring (bicyclic) bond motifs is 1. The average Bonchev–Trinajstić information content (AvgIpc) is 2.65. The summed E-state index contributed by atoms with van der Waals surface area (Å²) in [6, 6.07) is 8.61. The number of carbonyl (C=O) groups excluding carboxylic acids is 2. The molecule has 0 saturated carbocycles. The lowest BCUT2D eigenvalue weighted by Gasteiger charge is -2.07. The molecule has 2 aromatic heterocycles. The van der Waals surface area contributed by atoms with E-state index in [1.165, 1.54) is 25.6 Å². The molecular weight excluding hydrogens is 324 g/mol. The summed E-state index contributed by atoms with van der Waals surface area (Å²) >= 11 is 0. The number of hydrogen-bond donors (Lipinski definition) is 1. The van der Waals surface area contributed by atoms with E-state index in [4.69, 9.17) is 10.5 Å². The molecule has 8 nitrogen and oxygen atoms in total. The van der Waals surface area contributed by atoms with Crippen LogP contribution in [0.25, 0.3) is 10.9 Å². The summed E-state index contributed by atoms with van der Waals surface area (Å²) in [5, 5.41) is 0.729. The van der Waals surface area contributed by atoms with Crippen LogP contribution in [0.1, 0.15) is 26.5 Å². The molecule has 3 aromatic rings. The Balaban J connectivity index is 1.75. The van der Waals surface area contributed by atoms with Gasteiger partial charge in [0.2, 0.25) is 0 Å². The molecule has 0 spiro atoms. The highest BCUT2D eigenvalue weighted by Gasteiger charge is 2.14. The van der Waals surface area contributed by atoms with Crippen LogP contribution in [-0.4, -0.2) is 34.0 Å². The Labute approximate surface area is 142 Å². The van der Waals surface area contributed by atoms with Crippen molar-refractivity contribution in [3.63, 3.8) is 0 Å². The van der Waals surface area contributed by atoms with Gasteiger partial charge in [-0.25, -0.2) is 19.6 Å². The van der Waals surface area contributed by atoms with Gasteiger partial charge in [-0.1, -0.05) is 12.1 Å². The molecule has 2 N–H and O–H groups in total. The molecule has 8 heteroatoms. The first-order chi connectivity index (χ1) is 12.1. The Morgan fingerprint density at radius 3 is 2.56 bits per heavy atom. The fourth-order valence-electron chi connectivity index (χ4n) is 2.21. The molecule has 3 rings (SSSR count). The number of pyridine rings is 1. The topological polar surface area (TPSA) is 117 Å². The summed E-state index contributed by atoms with van der Waals surface area (Å²) in [6.07, 6.45) is 2.60. The van der Waals surface area contributed by atoms with E-state index in [0.717, 1.165) is 5.39 Å². The van der Waals surface area contributed by atoms with Crippen molar-refractivity contribution in [1.82, 2.24) is 15.0 Å². The summed E-state index contributed by atoms with van der Waals surface area (Å²) in [5.74, 6) is -0.658. The van der Waals surface area contributed by atoms with Crippen molar-refractivity contribution in [2.75, 3.05) is 12.8 Å². The molecular formula is C17H14N4O4. The van der Waals surface area contributed by atoms with Crippen molar-refractivity contribution < 1.29 is 19.1 Å². The molecule has 0 fully saturated rings. The highest BCUT2D eigenvalue weighted by atomic mass is 16.5. The van der Waals surface area contributed by atoms with E-state index in [-0.39, 0.29) is 23.6 Å². The fraction of sp³-hybridized carbons (Fsp3) is 0.118. The van der Waals surface area contributed by atoms with Crippen LogP contribution < -0.4 is 5.73 Å². The minimum absolute atomic E-state index is 0.122. The van der Waals surface area contributed by atoms with Gasteiger partial charge in [-0.3, -0.25) is 4.98 Å². The van der Waals surface area contributed by atoms with Crippen LogP contribution in [0, 0.1) is 0 Å². The standard InChI is InChI=1S/C17H14N4O4/c1-24-16(22)10-6-11(8-19-7-10)17(23)25-9-14-20-13-5-3-2-4-12(13)15(18)21-14/h2-8H,9H2,1H3,(H2,18,20,21). The van der Waals surface area contributed by atoms with Crippen molar-refractivity contribution in [3.05, 3.63) is 59.7 Å². The maximum atomic E-state index is 12.1. The van der Waals surface area contributed by atoms with E-state index in [0.29, 0.717) is 11.3 Å². The lowest BCUT2D eigenvalue weighted by atomic mass is 10.2. The van der Waals surface area contributed by atoms with Gasteiger partial charge in [0.1, 0.15) is 5.82 Å². The maximum Gasteiger partial charge on any atom is 0.340 e. The van der Waals surface area contributed by atoms with Crippen LogP contribution in [0.15, 0.2) is 42.7 Å². The molecule has 0 atom stereocenters. The third kappa shape index (κ3) is 3.52. The highest BCUT2D eigenvalue weighted by Crippen LogP contribution is 2.17. The number of ether oxygens (including phenoxy) is 2. The zero-order chi connectivity index (χ0) is 17.8. The second-order valence-electron chi connectivity index (χ2n) is 5.07. The lowest BCUT2D eigenvalue weighted by molar-refractivity contribution is 0.0462. The summed E-state index contributed by atoms with van der Waals surface area (Å²) in [6.45, 7) is -0.156. The van der Waals surface area contributed by atoms with Crippen molar-refractivity contribution >= 4 is 28.7 Å². The Hall–Kier alpha value is -3.55. The molecule has 2 heterocycles. The number of para-hydroxylation sites is 1. The van der Waals surface area contributed by atoms with Gasteiger partial charge in [0.15, 0.2) is 12.4 Å². The Morgan fingerprint density at radius 1 is 1.08 bits per heavy atom. The average molecular weight is 338 g/mol. The minimum atomic E-state index is -0.659. The Morgan fingerprint density at radius 2 is 1.80 bits per heavy atom. The molecule has 0 unspecified atom stereocenters. The zero-order valence-electron chi connectivity index (χ0n) is 13.3. The van der Waals surface area contributed by atoms with E-state index < -0.39 is 11.9 Å². The molecule has 0 aliphatic heterocycles. The van der Waals surface area contributed by atoms with Crippen LogP contribution in [0.3, 0.4) is 0 Å². The third-order valence-corrected chi connectivity index (χ3v) is 3.41. The van der Waals surface area contributed by atoms with Gasteiger partial charge in [-0.2, -0.15) is 0 Å².